The van der Waals surface area contributed by atoms with Crippen LogP contribution >= 0.6 is 0 Å². The predicted octanol–water partition coefficient (Wildman–Crippen LogP) is 10.3. The van der Waals surface area contributed by atoms with Crippen molar-refractivity contribution in [3.05, 3.63) is 126 Å². The van der Waals surface area contributed by atoms with E-state index in [4.69, 9.17) is 14.2 Å². The third-order valence-electron chi connectivity index (χ3n) is 5.54. The van der Waals surface area contributed by atoms with Gasteiger partial charge in [0.05, 0.1) is 0 Å². The fourth-order valence-electron chi connectivity index (χ4n) is 3.53. The molecule has 0 aliphatic heterocycles. The Balaban J connectivity index is 1.92. The first-order chi connectivity index (χ1) is 18.6. The van der Waals surface area contributed by atoms with E-state index in [1.807, 2.05) is 0 Å². The van der Waals surface area contributed by atoms with Crippen LogP contribution in [0.5, 0.6) is 34.5 Å². The molecule has 0 aliphatic rings. The van der Waals surface area contributed by atoms with E-state index in [1.54, 1.807) is 12.1 Å². The molecule has 0 heterocycles. The summed E-state index contributed by atoms with van der Waals surface area (Å²) >= 11 is 0. The zero-order valence-corrected chi connectivity index (χ0v) is 20.4. The van der Waals surface area contributed by atoms with Gasteiger partial charge in [0.1, 0.15) is 22.8 Å². The Morgan fingerprint density at radius 3 is 1.03 bits per heavy atom. The van der Waals surface area contributed by atoms with Gasteiger partial charge in [-0.05, 0) is 53.1 Å². The maximum absolute atomic E-state index is 15.7. The minimum atomic E-state index is -5.28. The molecule has 4 rings (SSSR count). The number of hydrogen-bond acceptors (Lipinski definition) is 3. The van der Waals surface area contributed by atoms with Crippen LogP contribution < -0.4 is 14.2 Å². The van der Waals surface area contributed by atoms with E-state index < -0.39 is 40.6 Å². The molecule has 0 spiro atoms. The summed E-state index contributed by atoms with van der Waals surface area (Å²) in [5.74, 6) is -7.48. The molecule has 0 unspecified atom stereocenters. The molecule has 0 fully saturated rings. The van der Waals surface area contributed by atoms with E-state index in [0.717, 1.165) is 0 Å². The Kier molecular flexibility index (Phi) is 7.85. The molecule has 0 aromatic heterocycles. The van der Waals surface area contributed by atoms with Gasteiger partial charge in [0.25, 0.3) is 0 Å². The highest BCUT2D eigenvalue weighted by Crippen LogP contribution is 2.52. The van der Waals surface area contributed by atoms with Crippen LogP contribution in [0.15, 0.2) is 92.5 Å². The largest absolute Gasteiger partial charge is 0.453 e. The first kappa shape index (κ1) is 27.2. The Morgan fingerprint density at radius 2 is 0.769 bits per heavy atom. The first-order valence-electron chi connectivity index (χ1n) is 11.5. The van der Waals surface area contributed by atoms with Gasteiger partial charge in [-0.3, -0.25) is 0 Å². The Hall–Kier alpha value is -4.85. The molecule has 0 atom stereocenters. The highest BCUT2D eigenvalue weighted by molar-refractivity contribution is 5.59. The lowest BCUT2D eigenvalue weighted by molar-refractivity contribution is -0.140. The molecular weight excluding hydrogens is 515 g/mol. The van der Waals surface area contributed by atoms with Crippen molar-refractivity contribution in [2.75, 3.05) is 0 Å². The Labute approximate surface area is 221 Å². The molecule has 0 amide bonds. The van der Waals surface area contributed by atoms with Gasteiger partial charge >= 0.3 is 6.18 Å². The van der Waals surface area contributed by atoms with Gasteiger partial charge in [-0.1, -0.05) is 74.4 Å². The Bertz CT molecular complexity index is 1420. The van der Waals surface area contributed by atoms with Crippen molar-refractivity contribution >= 4 is 18.2 Å². The first-order valence-corrected chi connectivity index (χ1v) is 11.5. The molecule has 198 valence electrons. The summed E-state index contributed by atoms with van der Waals surface area (Å²) in [5, 5.41) is 0. The molecule has 39 heavy (non-hydrogen) atoms. The number of ether oxygens (including phenoxy) is 3. The van der Waals surface area contributed by atoms with Gasteiger partial charge in [0.15, 0.2) is 11.5 Å². The second-order valence-corrected chi connectivity index (χ2v) is 8.11. The second-order valence-electron chi connectivity index (χ2n) is 8.11. The monoisotopic (exact) mass is 536 g/mol. The standard InChI is InChI=1S/C31H21F5O3/c1-4-19-7-13-22(14-8-19)37-28-25(31(34,35)36)29(38-23-15-9-20(5-2)10-16-23)27(33)30(26(28)32)39-24-17-11-21(6-3)12-18-24/h4-18H,1-3H2. The molecule has 4 aromatic rings. The van der Waals surface area contributed by atoms with Crippen LogP contribution in [0.2, 0.25) is 0 Å². The van der Waals surface area contributed by atoms with Crippen LogP contribution in [0.1, 0.15) is 22.3 Å². The lowest BCUT2D eigenvalue weighted by Gasteiger charge is -2.21. The summed E-state index contributed by atoms with van der Waals surface area (Å²) in [7, 11) is 0. The molecule has 0 aliphatic carbocycles. The van der Waals surface area contributed by atoms with Gasteiger partial charge in [-0.25, -0.2) is 0 Å². The quantitative estimate of drug-likeness (QED) is 0.199. The van der Waals surface area contributed by atoms with Crippen molar-refractivity contribution in [3.63, 3.8) is 0 Å². The SMILES string of the molecule is C=Cc1ccc(Oc2c(F)c(Oc3ccc(C=C)cc3)c(C(F)(F)F)c(Oc3ccc(C=C)cc3)c2F)cc1. The predicted molar refractivity (Wildman–Crippen MR) is 141 cm³/mol. The van der Waals surface area contributed by atoms with Crippen molar-refractivity contribution in [1.82, 2.24) is 0 Å². The van der Waals surface area contributed by atoms with Crippen molar-refractivity contribution in [3.8, 4) is 34.5 Å². The van der Waals surface area contributed by atoms with Gasteiger partial charge in [-0.2, -0.15) is 22.0 Å². The van der Waals surface area contributed by atoms with Crippen molar-refractivity contribution in [2.24, 2.45) is 0 Å². The van der Waals surface area contributed by atoms with E-state index in [-0.39, 0.29) is 17.2 Å². The number of rotatable bonds is 9. The average Bonchev–Trinajstić information content (AvgIpc) is 2.94. The van der Waals surface area contributed by atoms with Gasteiger partial charge in [0, 0.05) is 0 Å². The third-order valence-corrected chi connectivity index (χ3v) is 5.54. The van der Waals surface area contributed by atoms with E-state index in [9.17, 15) is 13.2 Å². The second kappa shape index (κ2) is 11.3. The fourth-order valence-corrected chi connectivity index (χ4v) is 3.53. The highest BCUT2D eigenvalue weighted by Gasteiger charge is 2.44. The maximum atomic E-state index is 15.7. The lowest BCUT2D eigenvalue weighted by Crippen LogP contribution is -2.13. The van der Waals surface area contributed by atoms with Crippen molar-refractivity contribution in [2.45, 2.75) is 6.18 Å². The molecule has 3 nitrogen and oxygen atoms in total. The van der Waals surface area contributed by atoms with Gasteiger partial charge in [-0.15, -0.1) is 0 Å². The zero-order valence-electron chi connectivity index (χ0n) is 20.4. The van der Waals surface area contributed by atoms with Crippen LogP contribution in [0.4, 0.5) is 22.0 Å². The normalized spacial score (nSPS) is 11.0. The number of benzene rings is 4. The van der Waals surface area contributed by atoms with E-state index >= 15 is 8.78 Å². The van der Waals surface area contributed by atoms with Gasteiger partial charge in [0.2, 0.25) is 17.4 Å². The molecule has 0 radical (unpaired) electrons. The van der Waals surface area contributed by atoms with E-state index in [1.165, 1.54) is 78.9 Å². The molecular formula is C31H21F5O3. The third kappa shape index (κ3) is 6.01. The number of alkyl halides is 3. The zero-order chi connectivity index (χ0) is 28.2. The molecule has 8 heteroatoms. The number of halogens is 5. The van der Waals surface area contributed by atoms with Crippen LogP contribution in [0.25, 0.3) is 18.2 Å². The fraction of sp³-hybridized carbons (Fsp3) is 0.0323. The summed E-state index contributed by atoms with van der Waals surface area (Å²) in [4.78, 5) is 0. The number of hydrogen-bond donors (Lipinski definition) is 0. The van der Waals surface area contributed by atoms with Crippen LogP contribution in [0, 0.1) is 11.6 Å². The molecule has 0 N–H and O–H groups in total. The van der Waals surface area contributed by atoms with Crippen LogP contribution in [0.3, 0.4) is 0 Å². The van der Waals surface area contributed by atoms with Crippen LogP contribution in [-0.4, -0.2) is 0 Å². The summed E-state index contributed by atoms with van der Waals surface area (Å²) in [6.07, 6.45) is -0.720. The topological polar surface area (TPSA) is 27.7 Å². The van der Waals surface area contributed by atoms with E-state index in [0.29, 0.717) is 16.7 Å². The van der Waals surface area contributed by atoms with Crippen molar-refractivity contribution < 1.29 is 36.2 Å². The summed E-state index contributed by atoms with van der Waals surface area (Å²) in [5.41, 5.74) is 0.205. The van der Waals surface area contributed by atoms with Crippen LogP contribution in [-0.2, 0) is 6.18 Å². The summed E-state index contributed by atoms with van der Waals surface area (Å²) in [6.45, 7) is 10.8. The van der Waals surface area contributed by atoms with Gasteiger partial charge < -0.3 is 14.2 Å². The summed E-state index contributed by atoms with van der Waals surface area (Å²) in [6, 6.07) is 17.2. The molecule has 0 saturated heterocycles. The minimum absolute atomic E-state index is 0.0410. The lowest BCUT2D eigenvalue weighted by atomic mass is 10.1. The highest BCUT2D eigenvalue weighted by atomic mass is 19.4. The Morgan fingerprint density at radius 1 is 0.487 bits per heavy atom. The van der Waals surface area contributed by atoms with E-state index in [2.05, 4.69) is 19.7 Å². The summed E-state index contributed by atoms with van der Waals surface area (Å²) < 4.78 is 90.7. The average molecular weight is 536 g/mol. The smallest absolute Gasteiger partial charge is 0.423 e. The maximum Gasteiger partial charge on any atom is 0.423 e. The molecule has 0 saturated carbocycles. The molecule has 4 aromatic carbocycles. The molecule has 0 bridgehead atoms. The van der Waals surface area contributed by atoms with Crippen molar-refractivity contribution in [1.29, 1.82) is 0 Å². The minimum Gasteiger partial charge on any atom is -0.453 e.